The quantitative estimate of drug-likeness (QED) is 0.643. The number of methoxy groups -OCH3 is 1. The Kier molecular flexibility index (Phi) is 6.90. The molecule has 1 aromatic heterocycles. The molecule has 7 nitrogen and oxygen atoms in total. The maximum absolute atomic E-state index is 12.2. The first-order chi connectivity index (χ1) is 13.9. The zero-order chi connectivity index (χ0) is 20.9. The lowest BCUT2D eigenvalue weighted by atomic mass is 10.1. The van der Waals surface area contributed by atoms with Crippen LogP contribution in [-0.4, -0.2) is 46.5 Å². The summed E-state index contributed by atoms with van der Waals surface area (Å²) in [7, 11) is 1.38. The predicted octanol–water partition coefficient (Wildman–Crippen LogP) is 4.33. The van der Waals surface area contributed by atoms with E-state index in [9.17, 15) is 4.79 Å². The summed E-state index contributed by atoms with van der Waals surface area (Å²) in [4.78, 5) is 18.4. The second-order valence-electron chi connectivity index (χ2n) is 8.47. The highest BCUT2D eigenvalue weighted by Crippen LogP contribution is 2.34. The molecule has 0 radical (unpaired) electrons. The Morgan fingerprint density at radius 3 is 2.62 bits per heavy atom. The fourth-order valence-electron chi connectivity index (χ4n) is 3.70. The molecule has 158 valence electrons. The molecule has 0 aliphatic carbocycles. The summed E-state index contributed by atoms with van der Waals surface area (Å²) in [5.74, 6) is 1.13. The van der Waals surface area contributed by atoms with Crippen LogP contribution in [0.2, 0.25) is 0 Å². The lowest BCUT2D eigenvalue weighted by Gasteiger charge is -2.24. The molecule has 1 aromatic carbocycles. The molecular formula is C22H31N3O4. The number of hydrogen-bond donors (Lipinski definition) is 0. The molecule has 1 saturated heterocycles. The first kappa shape index (κ1) is 21.3. The van der Waals surface area contributed by atoms with Crippen LogP contribution < -0.4 is 0 Å². The van der Waals surface area contributed by atoms with Crippen molar-refractivity contribution in [1.82, 2.24) is 15.0 Å². The lowest BCUT2D eigenvalue weighted by Crippen LogP contribution is -2.34. The van der Waals surface area contributed by atoms with Gasteiger partial charge in [-0.3, -0.25) is 4.90 Å². The van der Waals surface area contributed by atoms with Crippen molar-refractivity contribution in [2.75, 3.05) is 13.7 Å². The number of nitrogens with zero attached hydrogens (tertiary/aromatic N) is 3. The number of hydrogen-bond acceptors (Lipinski definition) is 6. The van der Waals surface area contributed by atoms with E-state index in [-0.39, 0.29) is 17.7 Å². The number of rotatable bonds is 7. The molecule has 2 atom stereocenters. The van der Waals surface area contributed by atoms with Gasteiger partial charge in [-0.1, -0.05) is 35.5 Å². The fraction of sp³-hybridized carbons (Fsp3) is 0.591. The number of carbonyl (C=O) groups is 1. The van der Waals surface area contributed by atoms with Gasteiger partial charge in [0.1, 0.15) is 6.04 Å². The van der Waals surface area contributed by atoms with E-state index in [1.807, 2.05) is 26.8 Å². The number of benzene rings is 1. The Balaban J connectivity index is 1.57. The zero-order valence-electron chi connectivity index (χ0n) is 17.8. The highest BCUT2D eigenvalue weighted by atomic mass is 16.5. The van der Waals surface area contributed by atoms with Crippen LogP contribution in [0.5, 0.6) is 0 Å². The van der Waals surface area contributed by atoms with Gasteiger partial charge in [-0.15, -0.1) is 0 Å². The number of unbranched alkanes of at least 4 members (excludes halogenated alkanes) is 1. The van der Waals surface area contributed by atoms with Crippen LogP contribution in [0.3, 0.4) is 0 Å². The molecule has 0 unspecified atom stereocenters. The van der Waals surface area contributed by atoms with Crippen molar-refractivity contribution in [2.45, 2.75) is 70.6 Å². The Bertz CT molecular complexity index is 785. The van der Waals surface area contributed by atoms with Gasteiger partial charge < -0.3 is 14.0 Å². The van der Waals surface area contributed by atoms with E-state index < -0.39 is 6.09 Å². The first-order valence-corrected chi connectivity index (χ1v) is 10.2. The van der Waals surface area contributed by atoms with Gasteiger partial charge in [0.05, 0.1) is 25.4 Å². The van der Waals surface area contributed by atoms with E-state index in [1.165, 1.54) is 12.7 Å². The molecular weight excluding hydrogens is 370 g/mol. The summed E-state index contributed by atoms with van der Waals surface area (Å²) in [6.45, 7) is 6.46. The highest BCUT2D eigenvalue weighted by molar-refractivity contribution is 5.68. The number of likely N-dealkylation sites (tertiary alicyclic amines) is 1. The lowest BCUT2D eigenvalue weighted by molar-refractivity contribution is -0.0538. The van der Waals surface area contributed by atoms with E-state index in [2.05, 4.69) is 34.4 Å². The molecule has 0 N–H and O–H groups in total. The van der Waals surface area contributed by atoms with Gasteiger partial charge >= 0.3 is 6.09 Å². The molecule has 0 bridgehead atoms. The smallest absolute Gasteiger partial charge is 0.410 e. The van der Waals surface area contributed by atoms with Crippen LogP contribution in [-0.2, 0) is 22.3 Å². The topological polar surface area (TPSA) is 77.7 Å². The maximum atomic E-state index is 12.2. The van der Waals surface area contributed by atoms with Crippen LogP contribution in [0.1, 0.15) is 63.4 Å². The summed E-state index contributed by atoms with van der Waals surface area (Å²) in [6, 6.07) is 10.1. The number of carbonyl (C=O) groups excluding carboxylic acids is 1. The largest absolute Gasteiger partial charge is 0.453 e. The van der Waals surface area contributed by atoms with Gasteiger partial charge in [0.2, 0.25) is 5.89 Å². The number of ether oxygens (including phenoxy) is 2. The van der Waals surface area contributed by atoms with Gasteiger partial charge in [-0.2, -0.15) is 4.98 Å². The van der Waals surface area contributed by atoms with E-state index >= 15 is 0 Å². The number of amides is 1. The zero-order valence-corrected chi connectivity index (χ0v) is 17.8. The summed E-state index contributed by atoms with van der Waals surface area (Å²) in [5, 5.41) is 4.12. The maximum Gasteiger partial charge on any atom is 0.410 e. The minimum atomic E-state index is -0.405. The van der Waals surface area contributed by atoms with E-state index in [0.29, 0.717) is 24.7 Å². The summed E-state index contributed by atoms with van der Waals surface area (Å²) >= 11 is 0. The second kappa shape index (κ2) is 9.39. The van der Waals surface area contributed by atoms with E-state index in [1.54, 1.807) is 4.90 Å². The molecule has 2 aromatic rings. The van der Waals surface area contributed by atoms with Crippen molar-refractivity contribution < 1.29 is 18.8 Å². The van der Waals surface area contributed by atoms with Crippen molar-refractivity contribution >= 4 is 6.09 Å². The molecule has 1 aliphatic rings. The molecule has 2 heterocycles. The number of aryl methyl sites for hydroxylation is 2. The molecule has 1 fully saturated rings. The minimum Gasteiger partial charge on any atom is -0.453 e. The third kappa shape index (κ3) is 6.03. The van der Waals surface area contributed by atoms with Crippen LogP contribution in [0, 0.1) is 0 Å². The van der Waals surface area contributed by atoms with Gasteiger partial charge in [-0.25, -0.2) is 4.79 Å². The molecule has 3 rings (SSSR count). The summed E-state index contributed by atoms with van der Waals surface area (Å²) in [6.07, 6.45) is 3.95. The monoisotopic (exact) mass is 401 g/mol. The van der Waals surface area contributed by atoms with Crippen LogP contribution in [0.4, 0.5) is 4.79 Å². The minimum absolute atomic E-state index is 0.0969. The van der Waals surface area contributed by atoms with Crippen LogP contribution in [0.15, 0.2) is 34.9 Å². The Morgan fingerprint density at radius 2 is 1.93 bits per heavy atom. The Morgan fingerprint density at radius 1 is 1.21 bits per heavy atom. The van der Waals surface area contributed by atoms with Gasteiger partial charge in [-0.05, 0) is 45.6 Å². The molecule has 7 heteroatoms. The fourth-order valence-corrected chi connectivity index (χ4v) is 3.70. The van der Waals surface area contributed by atoms with Crippen molar-refractivity contribution in [3.05, 3.63) is 47.6 Å². The van der Waals surface area contributed by atoms with Gasteiger partial charge in [0.15, 0.2) is 5.82 Å². The number of aromatic nitrogens is 2. The summed E-state index contributed by atoms with van der Waals surface area (Å²) in [5.41, 5.74) is 1.05. The first-order valence-electron chi connectivity index (χ1n) is 10.2. The average Bonchev–Trinajstić information content (AvgIpc) is 3.31. The van der Waals surface area contributed by atoms with Crippen LogP contribution in [0.25, 0.3) is 0 Å². The SMILES string of the molecule is COC(=O)N1C[C@H](OC(C)(C)C)C[C@H]1c1nc(CCCCc2ccccc2)no1. The van der Waals surface area contributed by atoms with Gasteiger partial charge in [0, 0.05) is 12.8 Å². The van der Waals surface area contributed by atoms with Gasteiger partial charge in [0.25, 0.3) is 0 Å². The Hall–Kier alpha value is -2.41. The molecule has 0 spiro atoms. The van der Waals surface area contributed by atoms with E-state index in [4.69, 9.17) is 14.0 Å². The third-order valence-electron chi connectivity index (χ3n) is 4.92. The standard InChI is InChI=1S/C22H31N3O4/c1-22(2,3)28-17-14-18(25(15-17)21(26)27-4)20-23-19(24-29-20)13-9-8-12-16-10-6-5-7-11-16/h5-7,10-11,17-18H,8-9,12-15H2,1-4H3/t17-,18+/m1/s1. The average molecular weight is 402 g/mol. The molecule has 1 amide bonds. The molecule has 1 aliphatic heterocycles. The van der Waals surface area contributed by atoms with Crippen molar-refractivity contribution in [1.29, 1.82) is 0 Å². The van der Waals surface area contributed by atoms with Crippen molar-refractivity contribution in [2.24, 2.45) is 0 Å². The summed E-state index contributed by atoms with van der Waals surface area (Å²) < 4.78 is 16.5. The van der Waals surface area contributed by atoms with Crippen LogP contribution >= 0.6 is 0 Å². The van der Waals surface area contributed by atoms with Crippen molar-refractivity contribution in [3.8, 4) is 0 Å². The van der Waals surface area contributed by atoms with Crippen molar-refractivity contribution in [3.63, 3.8) is 0 Å². The molecule has 29 heavy (non-hydrogen) atoms. The Labute approximate surface area is 172 Å². The predicted molar refractivity (Wildman–Crippen MR) is 108 cm³/mol. The second-order valence-corrected chi connectivity index (χ2v) is 8.47. The highest BCUT2D eigenvalue weighted by Gasteiger charge is 2.41. The normalized spacial score (nSPS) is 19.5. The third-order valence-corrected chi connectivity index (χ3v) is 4.92. The molecule has 0 saturated carbocycles. The van der Waals surface area contributed by atoms with E-state index in [0.717, 1.165) is 25.7 Å².